The van der Waals surface area contributed by atoms with Gasteiger partial charge in [-0.05, 0) is 25.1 Å². The van der Waals surface area contributed by atoms with Crippen molar-refractivity contribution in [2.75, 3.05) is 11.9 Å². The topological polar surface area (TPSA) is 98.7 Å². The number of carboxylic acid groups (broad SMARTS) is 1. The molecule has 0 saturated heterocycles. The highest BCUT2D eigenvalue weighted by molar-refractivity contribution is 6.33. The van der Waals surface area contributed by atoms with Gasteiger partial charge in [-0.1, -0.05) is 11.6 Å². The van der Waals surface area contributed by atoms with E-state index in [2.05, 4.69) is 10.6 Å². The first-order valence-corrected chi connectivity index (χ1v) is 6.01. The summed E-state index contributed by atoms with van der Waals surface area (Å²) in [5, 5.41) is 22.9. The molecule has 0 aliphatic heterocycles. The molecular weight excluding hydrogens is 291 g/mol. The number of nitrogens with one attached hydrogen (secondary N) is 2. The molecule has 8 heteroatoms. The Morgan fingerprint density at radius 3 is 2.65 bits per heavy atom. The second-order valence-electron chi connectivity index (χ2n) is 4.50. The Kier molecular flexibility index (Phi) is 5.29. The summed E-state index contributed by atoms with van der Waals surface area (Å²) in [5.41, 5.74) is -1.38. The molecule has 0 radical (unpaired) electrons. The molecule has 1 atom stereocenters. The smallest absolute Gasteiger partial charge is 0.319 e. The first-order chi connectivity index (χ1) is 9.19. The molecule has 0 heterocycles. The highest BCUT2D eigenvalue weighted by Crippen LogP contribution is 2.22. The Labute approximate surface area is 119 Å². The zero-order chi connectivity index (χ0) is 15.3. The number of rotatable bonds is 5. The molecule has 1 aromatic carbocycles. The number of urea groups is 1. The van der Waals surface area contributed by atoms with Crippen LogP contribution < -0.4 is 10.6 Å². The molecule has 0 aliphatic rings. The van der Waals surface area contributed by atoms with Crippen molar-refractivity contribution in [1.29, 1.82) is 0 Å². The van der Waals surface area contributed by atoms with Crippen molar-refractivity contribution in [3.05, 3.63) is 29.0 Å². The van der Waals surface area contributed by atoms with E-state index in [1.165, 1.54) is 13.0 Å². The van der Waals surface area contributed by atoms with Crippen LogP contribution in [-0.2, 0) is 4.79 Å². The van der Waals surface area contributed by atoms with E-state index in [0.29, 0.717) is 0 Å². The van der Waals surface area contributed by atoms with E-state index in [0.717, 1.165) is 12.1 Å². The third-order valence-corrected chi connectivity index (χ3v) is 2.65. The Morgan fingerprint density at radius 1 is 1.45 bits per heavy atom. The zero-order valence-electron chi connectivity index (χ0n) is 10.6. The normalized spacial score (nSPS) is 13.4. The highest BCUT2D eigenvalue weighted by atomic mass is 35.5. The van der Waals surface area contributed by atoms with Crippen molar-refractivity contribution in [2.24, 2.45) is 0 Å². The van der Waals surface area contributed by atoms with Crippen molar-refractivity contribution in [2.45, 2.75) is 18.9 Å². The predicted octanol–water partition coefficient (Wildman–Crippen LogP) is 1.83. The fourth-order valence-electron chi connectivity index (χ4n) is 1.42. The van der Waals surface area contributed by atoms with Crippen molar-refractivity contribution >= 4 is 29.3 Å². The van der Waals surface area contributed by atoms with E-state index in [1.807, 2.05) is 0 Å². The van der Waals surface area contributed by atoms with E-state index in [1.54, 1.807) is 0 Å². The third kappa shape index (κ3) is 5.41. The third-order valence-electron chi connectivity index (χ3n) is 2.34. The van der Waals surface area contributed by atoms with Crippen LogP contribution in [0.1, 0.15) is 13.3 Å². The number of hydrogen-bond acceptors (Lipinski definition) is 3. The van der Waals surface area contributed by atoms with Gasteiger partial charge in [-0.25, -0.2) is 9.18 Å². The number of carbonyl (C=O) groups is 2. The first kappa shape index (κ1) is 16.2. The van der Waals surface area contributed by atoms with Gasteiger partial charge in [0.2, 0.25) is 0 Å². The maximum atomic E-state index is 12.8. The first-order valence-electron chi connectivity index (χ1n) is 5.64. The van der Waals surface area contributed by atoms with E-state index in [4.69, 9.17) is 16.7 Å². The minimum atomic E-state index is -1.57. The van der Waals surface area contributed by atoms with Gasteiger partial charge in [-0.15, -0.1) is 0 Å². The number of aliphatic carboxylic acids is 1. The average molecular weight is 305 g/mol. The van der Waals surface area contributed by atoms with Crippen LogP contribution in [-0.4, -0.2) is 34.4 Å². The number of carboxylic acids is 1. The van der Waals surface area contributed by atoms with Gasteiger partial charge in [0, 0.05) is 6.54 Å². The zero-order valence-corrected chi connectivity index (χ0v) is 11.4. The molecule has 0 aromatic heterocycles. The van der Waals surface area contributed by atoms with Gasteiger partial charge in [0.05, 0.1) is 22.7 Å². The van der Waals surface area contributed by atoms with Crippen LogP contribution in [0.5, 0.6) is 0 Å². The standard InChI is InChI=1S/C12H14ClFN2O4/c1-12(20,5-10(17)18)6-15-11(19)16-9-3-2-7(14)4-8(9)13/h2-4,20H,5-6H2,1H3,(H,17,18)(H2,15,16,19). The Morgan fingerprint density at radius 2 is 2.10 bits per heavy atom. The summed E-state index contributed by atoms with van der Waals surface area (Å²) in [7, 11) is 0. The second kappa shape index (κ2) is 6.53. The average Bonchev–Trinajstić information content (AvgIpc) is 2.29. The molecule has 1 unspecified atom stereocenters. The molecule has 1 aromatic rings. The summed E-state index contributed by atoms with van der Waals surface area (Å²) in [5.74, 6) is -1.72. The van der Waals surface area contributed by atoms with E-state index in [9.17, 15) is 19.1 Å². The summed E-state index contributed by atoms with van der Waals surface area (Å²) < 4.78 is 12.8. The molecular formula is C12H14ClFN2O4. The molecule has 4 N–H and O–H groups in total. The lowest BCUT2D eigenvalue weighted by Gasteiger charge is -2.21. The van der Waals surface area contributed by atoms with E-state index >= 15 is 0 Å². The summed E-state index contributed by atoms with van der Waals surface area (Å²) >= 11 is 5.72. The van der Waals surface area contributed by atoms with Gasteiger partial charge in [0.15, 0.2) is 0 Å². The maximum absolute atomic E-state index is 12.8. The fourth-order valence-corrected chi connectivity index (χ4v) is 1.63. The number of halogens is 2. The summed E-state index contributed by atoms with van der Waals surface area (Å²) in [4.78, 5) is 22.0. The Hall–Kier alpha value is -1.86. The van der Waals surface area contributed by atoms with Crippen LogP contribution in [0.25, 0.3) is 0 Å². The van der Waals surface area contributed by atoms with Crippen molar-refractivity contribution in [1.82, 2.24) is 5.32 Å². The molecule has 0 fully saturated rings. The monoisotopic (exact) mass is 304 g/mol. The van der Waals surface area contributed by atoms with Crippen molar-refractivity contribution in [3.8, 4) is 0 Å². The summed E-state index contributed by atoms with van der Waals surface area (Å²) in [6, 6.07) is 2.76. The SMILES string of the molecule is CC(O)(CNC(=O)Nc1ccc(F)cc1Cl)CC(=O)O. The maximum Gasteiger partial charge on any atom is 0.319 e. The molecule has 1 rings (SSSR count). The minimum Gasteiger partial charge on any atom is -0.481 e. The number of amides is 2. The van der Waals surface area contributed by atoms with Gasteiger partial charge >= 0.3 is 12.0 Å². The number of aliphatic hydroxyl groups is 1. The van der Waals surface area contributed by atoms with Crippen LogP contribution >= 0.6 is 11.6 Å². The van der Waals surface area contributed by atoms with Crippen molar-refractivity contribution in [3.63, 3.8) is 0 Å². The van der Waals surface area contributed by atoms with Gasteiger partial charge in [-0.2, -0.15) is 0 Å². The quantitative estimate of drug-likeness (QED) is 0.667. The highest BCUT2D eigenvalue weighted by Gasteiger charge is 2.24. The van der Waals surface area contributed by atoms with Crippen molar-refractivity contribution < 1.29 is 24.2 Å². The lowest BCUT2D eigenvalue weighted by Crippen LogP contribution is -2.43. The van der Waals surface area contributed by atoms with Gasteiger partial charge < -0.3 is 20.8 Å². The van der Waals surface area contributed by atoms with E-state index < -0.39 is 29.8 Å². The Balaban J connectivity index is 2.54. The lowest BCUT2D eigenvalue weighted by molar-refractivity contribution is -0.141. The van der Waals surface area contributed by atoms with Crippen LogP contribution in [0.3, 0.4) is 0 Å². The minimum absolute atomic E-state index is 0.0254. The number of benzene rings is 1. The fraction of sp³-hybridized carbons (Fsp3) is 0.333. The Bertz CT molecular complexity index is 522. The van der Waals surface area contributed by atoms with Gasteiger partial charge in [0.1, 0.15) is 5.82 Å². The number of hydrogen-bond donors (Lipinski definition) is 4. The van der Waals surface area contributed by atoms with Gasteiger partial charge in [-0.3, -0.25) is 4.79 Å². The molecule has 6 nitrogen and oxygen atoms in total. The second-order valence-corrected chi connectivity index (χ2v) is 4.91. The lowest BCUT2D eigenvalue weighted by atomic mass is 10.0. The van der Waals surface area contributed by atoms with E-state index in [-0.39, 0.29) is 17.3 Å². The molecule has 0 bridgehead atoms. The molecule has 2 amide bonds. The molecule has 110 valence electrons. The van der Waals surface area contributed by atoms with Gasteiger partial charge in [0.25, 0.3) is 0 Å². The van der Waals surface area contributed by atoms with Crippen LogP contribution in [0, 0.1) is 5.82 Å². The van der Waals surface area contributed by atoms with Crippen LogP contribution in [0.4, 0.5) is 14.9 Å². The predicted molar refractivity (Wildman–Crippen MR) is 71.3 cm³/mol. The number of anilines is 1. The van der Waals surface area contributed by atoms with Crippen LogP contribution in [0.15, 0.2) is 18.2 Å². The number of carbonyl (C=O) groups excluding carboxylic acids is 1. The molecule has 0 saturated carbocycles. The van der Waals surface area contributed by atoms with Crippen LogP contribution in [0.2, 0.25) is 5.02 Å². The largest absolute Gasteiger partial charge is 0.481 e. The summed E-state index contributed by atoms with van der Waals surface area (Å²) in [6.45, 7) is 1.02. The molecule has 0 aliphatic carbocycles. The summed E-state index contributed by atoms with van der Waals surface area (Å²) in [6.07, 6.45) is -0.509. The molecule has 20 heavy (non-hydrogen) atoms. The molecule has 0 spiro atoms.